The molecule has 0 spiro atoms. The van der Waals surface area contributed by atoms with Crippen LogP contribution in [0.15, 0.2) is 30.9 Å². The molecule has 0 atom stereocenters. The van der Waals surface area contributed by atoms with Gasteiger partial charge >= 0.3 is 6.03 Å². The second-order valence-corrected chi connectivity index (χ2v) is 4.66. The maximum atomic E-state index is 13.0. The first-order valence-corrected chi connectivity index (χ1v) is 6.44. The molecule has 1 fully saturated rings. The summed E-state index contributed by atoms with van der Waals surface area (Å²) in [4.78, 5) is 15.8. The van der Waals surface area contributed by atoms with Crippen molar-refractivity contribution < 1.29 is 13.6 Å². The number of nitrogens with one attached hydrogen (secondary N) is 1. The Hall–Kier alpha value is -1.95. The summed E-state index contributed by atoms with van der Waals surface area (Å²) in [6, 6.07) is 2.61. The van der Waals surface area contributed by atoms with Crippen molar-refractivity contribution >= 4 is 11.7 Å². The highest BCUT2D eigenvalue weighted by Gasteiger charge is 2.20. The molecule has 1 aliphatic heterocycles. The molecule has 2 amide bonds. The summed E-state index contributed by atoms with van der Waals surface area (Å²) < 4.78 is 26.1. The number of hydrogen-bond acceptors (Lipinski definition) is 2. The second-order valence-electron chi connectivity index (χ2n) is 4.66. The van der Waals surface area contributed by atoms with Crippen molar-refractivity contribution in [3.63, 3.8) is 0 Å². The minimum Gasteiger partial charge on any atom is -0.322 e. The molecule has 0 bridgehead atoms. The van der Waals surface area contributed by atoms with Gasteiger partial charge in [-0.3, -0.25) is 4.90 Å². The molecule has 1 aliphatic rings. The molecule has 0 saturated carbocycles. The third kappa shape index (κ3) is 3.77. The fraction of sp³-hybridized carbons (Fsp3) is 0.357. The monoisotopic (exact) mass is 281 g/mol. The lowest BCUT2D eigenvalue weighted by Gasteiger charge is -2.34. The van der Waals surface area contributed by atoms with E-state index < -0.39 is 11.6 Å². The van der Waals surface area contributed by atoms with Gasteiger partial charge in [0.05, 0.1) is 0 Å². The molecular formula is C14H17F2N3O. The van der Waals surface area contributed by atoms with Gasteiger partial charge in [-0.2, -0.15) is 0 Å². The zero-order valence-electron chi connectivity index (χ0n) is 11.1. The van der Waals surface area contributed by atoms with Crippen LogP contribution >= 0.6 is 0 Å². The van der Waals surface area contributed by atoms with Crippen LogP contribution in [0.25, 0.3) is 0 Å². The van der Waals surface area contributed by atoms with E-state index in [2.05, 4.69) is 16.8 Å². The van der Waals surface area contributed by atoms with Crippen LogP contribution in [0.5, 0.6) is 0 Å². The molecule has 0 aromatic heterocycles. The number of amides is 2. The lowest BCUT2D eigenvalue weighted by Crippen LogP contribution is -2.49. The molecule has 1 saturated heterocycles. The maximum absolute atomic E-state index is 13.0. The number of rotatable bonds is 3. The Morgan fingerprint density at radius 2 is 1.80 bits per heavy atom. The van der Waals surface area contributed by atoms with Gasteiger partial charge in [0.15, 0.2) is 0 Å². The molecule has 1 aromatic rings. The van der Waals surface area contributed by atoms with Crippen molar-refractivity contribution in [2.75, 3.05) is 38.0 Å². The van der Waals surface area contributed by atoms with E-state index in [0.717, 1.165) is 37.8 Å². The average Bonchev–Trinajstić information content (AvgIpc) is 2.38. The zero-order valence-corrected chi connectivity index (χ0v) is 11.1. The van der Waals surface area contributed by atoms with Crippen LogP contribution < -0.4 is 5.32 Å². The zero-order chi connectivity index (χ0) is 14.5. The Morgan fingerprint density at radius 3 is 2.35 bits per heavy atom. The third-order valence-electron chi connectivity index (χ3n) is 3.16. The summed E-state index contributed by atoms with van der Waals surface area (Å²) in [5.41, 5.74) is 0.126. The molecular weight excluding hydrogens is 264 g/mol. The van der Waals surface area contributed by atoms with Gasteiger partial charge in [-0.05, 0) is 12.1 Å². The van der Waals surface area contributed by atoms with Gasteiger partial charge in [-0.15, -0.1) is 6.58 Å². The van der Waals surface area contributed by atoms with Gasteiger partial charge in [0.1, 0.15) is 11.6 Å². The molecule has 20 heavy (non-hydrogen) atoms. The number of halogens is 2. The van der Waals surface area contributed by atoms with Crippen LogP contribution in [-0.2, 0) is 0 Å². The number of benzene rings is 1. The van der Waals surface area contributed by atoms with E-state index >= 15 is 0 Å². The van der Waals surface area contributed by atoms with E-state index in [9.17, 15) is 13.6 Å². The van der Waals surface area contributed by atoms with E-state index in [1.54, 1.807) is 4.90 Å². The van der Waals surface area contributed by atoms with Crippen molar-refractivity contribution in [1.82, 2.24) is 9.80 Å². The van der Waals surface area contributed by atoms with Crippen LogP contribution in [0.1, 0.15) is 0 Å². The van der Waals surface area contributed by atoms with Gasteiger partial charge < -0.3 is 10.2 Å². The predicted molar refractivity (Wildman–Crippen MR) is 73.6 cm³/mol. The van der Waals surface area contributed by atoms with Crippen LogP contribution in [0.2, 0.25) is 0 Å². The van der Waals surface area contributed by atoms with E-state index in [-0.39, 0.29) is 11.7 Å². The summed E-state index contributed by atoms with van der Waals surface area (Å²) in [6.45, 7) is 7.16. The molecule has 0 unspecified atom stereocenters. The van der Waals surface area contributed by atoms with E-state index in [4.69, 9.17) is 0 Å². The standard InChI is InChI=1S/C14H17F2N3O/c1-2-3-18-4-6-19(7-5-18)14(20)17-13-9-11(15)8-12(16)10-13/h2,8-10H,1,3-7H2,(H,17,20). The number of nitrogens with zero attached hydrogens (tertiary/aromatic N) is 2. The third-order valence-corrected chi connectivity index (χ3v) is 3.16. The summed E-state index contributed by atoms with van der Waals surface area (Å²) in [5, 5.41) is 2.51. The molecule has 6 heteroatoms. The first-order valence-electron chi connectivity index (χ1n) is 6.44. The van der Waals surface area contributed by atoms with Crippen LogP contribution in [0.4, 0.5) is 19.3 Å². The predicted octanol–water partition coefficient (Wildman–Crippen LogP) is 2.30. The minimum absolute atomic E-state index is 0.126. The largest absolute Gasteiger partial charge is 0.322 e. The fourth-order valence-electron chi connectivity index (χ4n) is 2.14. The first-order chi connectivity index (χ1) is 9.58. The highest BCUT2D eigenvalue weighted by molar-refractivity contribution is 5.89. The van der Waals surface area contributed by atoms with Gasteiger partial charge in [0.2, 0.25) is 0 Å². The average molecular weight is 281 g/mol. The molecule has 1 N–H and O–H groups in total. The molecule has 1 heterocycles. The normalized spacial score (nSPS) is 16.0. The Bertz CT molecular complexity index is 479. The minimum atomic E-state index is -0.712. The van der Waals surface area contributed by atoms with E-state index in [1.807, 2.05) is 6.08 Å². The summed E-state index contributed by atoms with van der Waals surface area (Å²) >= 11 is 0. The number of hydrogen-bond donors (Lipinski definition) is 1. The SMILES string of the molecule is C=CCN1CCN(C(=O)Nc2cc(F)cc(F)c2)CC1. The second kappa shape index (κ2) is 6.47. The van der Waals surface area contributed by atoms with E-state index in [0.29, 0.717) is 13.1 Å². The quantitative estimate of drug-likeness (QED) is 0.863. The molecule has 108 valence electrons. The molecule has 0 radical (unpaired) electrons. The summed E-state index contributed by atoms with van der Waals surface area (Å²) in [7, 11) is 0. The Labute approximate surface area is 116 Å². The van der Waals surface area contributed by atoms with Crippen molar-refractivity contribution in [3.05, 3.63) is 42.5 Å². The van der Waals surface area contributed by atoms with Crippen LogP contribution in [0, 0.1) is 11.6 Å². The van der Waals surface area contributed by atoms with Crippen molar-refractivity contribution in [1.29, 1.82) is 0 Å². The molecule has 0 aliphatic carbocycles. The van der Waals surface area contributed by atoms with Gasteiger partial charge in [0.25, 0.3) is 0 Å². The highest BCUT2D eigenvalue weighted by atomic mass is 19.1. The maximum Gasteiger partial charge on any atom is 0.321 e. The molecule has 2 rings (SSSR count). The molecule has 1 aromatic carbocycles. The van der Waals surface area contributed by atoms with Crippen LogP contribution in [-0.4, -0.2) is 48.6 Å². The Balaban J connectivity index is 1.91. The van der Waals surface area contributed by atoms with Gasteiger partial charge in [0, 0.05) is 44.5 Å². The summed E-state index contributed by atoms with van der Waals surface area (Å²) in [5.74, 6) is -1.42. The van der Waals surface area contributed by atoms with Crippen LogP contribution in [0.3, 0.4) is 0 Å². The Kier molecular flexibility index (Phi) is 4.68. The fourth-order valence-corrected chi connectivity index (χ4v) is 2.14. The van der Waals surface area contributed by atoms with Crippen molar-refractivity contribution in [3.8, 4) is 0 Å². The first kappa shape index (κ1) is 14.5. The number of carbonyl (C=O) groups is 1. The van der Waals surface area contributed by atoms with Crippen molar-refractivity contribution in [2.24, 2.45) is 0 Å². The Morgan fingerprint density at radius 1 is 1.20 bits per heavy atom. The topological polar surface area (TPSA) is 35.6 Å². The number of carbonyl (C=O) groups excluding carboxylic acids is 1. The highest BCUT2D eigenvalue weighted by Crippen LogP contribution is 2.14. The van der Waals surface area contributed by atoms with Gasteiger partial charge in [-0.1, -0.05) is 6.08 Å². The van der Waals surface area contributed by atoms with Crippen molar-refractivity contribution in [2.45, 2.75) is 0 Å². The number of anilines is 1. The number of piperazine rings is 1. The smallest absolute Gasteiger partial charge is 0.321 e. The van der Waals surface area contributed by atoms with E-state index in [1.165, 1.54) is 0 Å². The lowest BCUT2D eigenvalue weighted by molar-refractivity contribution is 0.156. The lowest BCUT2D eigenvalue weighted by atomic mass is 10.3. The molecule has 4 nitrogen and oxygen atoms in total. The van der Waals surface area contributed by atoms with Gasteiger partial charge in [-0.25, -0.2) is 13.6 Å². The number of urea groups is 1. The summed E-state index contributed by atoms with van der Waals surface area (Å²) in [6.07, 6.45) is 1.82.